The fraction of sp³-hybridized carbons (Fsp3) is 0.294. The Bertz CT molecular complexity index is 435. The van der Waals surface area contributed by atoms with Gasteiger partial charge in [0.15, 0.2) is 0 Å². The number of halogens is 2. The Morgan fingerprint density at radius 2 is 1.23 bits per heavy atom. The summed E-state index contributed by atoms with van der Waals surface area (Å²) in [7, 11) is -4.51. The highest BCUT2D eigenvalue weighted by molar-refractivity contribution is 7.95. The van der Waals surface area contributed by atoms with Crippen molar-refractivity contribution in [3.8, 4) is 0 Å². The van der Waals surface area contributed by atoms with Gasteiger partial charge in [0.2, 0.25) is 9.84 Å². The summed E-state index contributed by atoms with van der Waals surface area (Å²) in [4.78, 5) is -0.521. The van der Waals surface area contributed by atoms with Crippen molar-refractivity contribution in [2.75, 3.05) is 0 Å². The first-order valence-electron chi connectivity index (χ1n) is 6.75. The molecule has 0 radical (unpaired) electrons. The molecule has 0 amide bonds. The maximum atomic E-state index is 11.9. The van der Waals surface area contributed by atoms with Crippen molar-refractivity contribution in [2.45, 2.75) is 33.5 Å². The highest BCUT2D eigenvalue weighted by atomic mass is 32.2. The van der Waals surface area contributed by atoms with Crippen LogP contribution >= 0.6 is 0 Å². The van der Waals surface area contributed by atoms with Gasteiger partial charge in [0.25, 0.3) is 0 Å². The molecule has 0 rings (SSSR count). The quantitative estimate of drug-likeness (QED) is 0.571. The number of allylic oxidation sites excluding steroid dienone is 7. The zero-order chi connectivity index (χ0) is 18.6. The monoisotopic (exact) mass is 334 g/mol. The topological polar surface area (TPSA) is 34.1 Å². The summed E-state index contributed by atoms with van der Waals surface area (Å²) in [6, 6.07) is 0. The molecular weight excluding hydrogens is 306 g/mol. The predicted octanol–water partition coefficient (Wildman–Crippen LogP) is 5.85. The van der Waals surface area contributed by atoms with E-state index in [1.54, 1.807) is 12.2 Å². The first-order valence-corrected chi connectivity index (χ1v) is 8.30. The second-order valence-electron chi connectivity index (χ2n) is 2.67. The number of hydrogen-bond acceptors (Lipinski definition) is 2. The maximum Gasteiger partial charge on any atom is 0.341 e. The maximum absolute atomic E-state index is 11.9. The van der Waals surface area contributed by atoms with Crippen molar-refractivity contribution >= 4 is 9.84 Å². The van der Waals surface area contributed by atoms with E-state index < -0.39 is 20.5 Å². The van der Waals surface area contributed by atoms with E-state index in [0.717, 1.165) is 18.2 Å². The molecule has 0 fully saturated rings. The van der Waals surface area contributed by atoms with Gasteiger partial charge in [0, 0.05) is 0 Å². The van der Waals surface area contributed by atoms with Crippen LogP contribution in [0.1, 0.15) is 27.7 Å². The first kappa shape index (κ1) is 28.4. The van der Waals surface area contributed by atoms with Gasteiger partial charge in [0.1, 0.15) is 0 Å². The Morgan fingerprint density at radius 1 is 0.864 bits per heavy atom. The minimum atomic E-state index is -4.51. The number of alkyl halides is 2. The second kappa shape index (κ2) is 21.5. The van der Waals surface area contributed by atoms with Crippen LogP contribution in [-0.4, -0.2) is 14.2 Å². The Hall–Kier alpha value is -1.75. The smallest absolute Gasteiger partial charge is 0.218 e. The molecular formula is C17H28F2O2S. The van der Waals surface area contributed by atoms with E-state index in [1.165, 1.54) is 0 Å². The Kier molecular flexibility index (Phi) is 27.8. The molecule has 0 N–H and O–H groups in total. The molecule has 5 heteroatoms. The zero-order valence-electron chi connectivity index (χ0n) is 13.9. The van der Waals surface area contributed by atoms with Crippen LogP contribution in [0.25, 0.3) is 0 Å². The van der Waals surface area contributed by atoms with E-state index in [4.69, 9.17) is 0 Å². The van der Waals surface area contributed by atoms with Gasteiger partial charge in [-0.2, -0.15) is 8.78 Å². The molecule has 0 aromatic rings. The largest absolute Gasteiger partial charge is 0.341 e. The average Bonchev–Trinajstić information content (AvgIpc) is 2.54. The lowest BCUT2D eigenvalue weighted by Crippen LogP contribution is -2.12. The van der Waals surface area contributed by atoms with E-state index in [-0.39, 0.29) is 0 Å². The van der Waals surface area contributed by atoms with Crippen LogP contribution in [0.2, 0.25) is 0 Å². The third-order valence-corrected chi connectivity index (χ3v) is 2.86. The Morgan fingerprint density at radius 3 is 1.41 bits per heavy atom. The number of sulfone groups is 1. The molecule has 0 atom stereocenters. The van der Waals surface area contributed by atoms with E-state index >= 15 is 0 Å². The van der Waals surface area contributed by atoms with E-state index in [9.17, 15) is 17.2 Å². The molecule has 0 bridgehead atoms. The third-order valence-electron chi connectivity index (χ3n) is 1.43. The molecule has 0 aromatic heterocycles. The number of hydrogen-bond donors (Lipinski definition) is 0. The van der Waals surface area contributed by atoms with Gasteiger partial charge in [-0.3, -0.25) is 0 Å². The second-order valence-corrected chi connectivity index (χ2v) is 4.59. The Balaban J connectivity index is -0.000000136. The SMILES string of the molecule is C=C/C=C(\C=C)S(=O)(=O)C(F)F.C=C/C=C\C=C.CC.CC. The summed E-state index contributed by atoms with van der Waals surface area (Å²) in [6.07, 6.45) is 10.00. The first-order chi connectivity index (χ1) is 10.4. The van der Waals surface area contributed by atoms with Crippen molar-refractivity contribution in [2.24, 2.45) is 0 Å². The van der Waals surface area contributed by atoms with E-state index in [1.807, 2.05) is 39.8 Å². The summed E-state index contributed by atoms with van der Waals surface area (Å²) in [5.41, 5.74) is 0. The fourth-order valence-electron chi connectivity index (χ4n) is 0.655. The summed E-state index contributed by atoms with van der Waals surface area (Å²) in [5.74, 6) is -3.42. The van der Waals surface area contributed by atoms with Gasteiger partial charge in [-0.05, 0) is 6.08 Å². The van der Waals surface area contributed by atoms with Crippen LogP contribution in [0.5, 0.6) is 0 Å². The van der Waals surface area contributed by atoms with Crippen LogP contribution in [-0.2, 0) is 9.84 Å². The molecule has 0 aliphatic heterocycles. The van der Waals surface area contributed by atoms with Crippen molar-refractivity contribution < 1.29 is 17.2 Å². The van der Waals surface area contributed by atoms with Gasteiger partial charge in [-0.15, -0.1) is 0 Å². The van der Waals surface area contributed by atoms with Crippen LogP contribution < -0.4 is 0 Å². The molecule has 0 aromatic carbocycles. The van der Waals surface area contributed by atoms with E-state index in [2.05, 4.69) is 26.3 Å². The molecule has 22 heavy (non-hydrogen) atoms. The van der Waals surface area contributed by atoms with Crippen molar-refractivity contribution in [3.63, 3.8) is 0 Å². The molecule has 0 saturated heterocycles. The van der Waals surface area contributed by atoms with Crippen LogP contribution in [0, 0.1) is 0 Å². The average molecular weight is 334 g/mol. The lowest BCUT2D eigenvalue weighted by Gasteiger charge is -2.01. The molecule has 0 aliphatic carbocycles. The van der Waals surface area contributed by atoms with Crippen LogP contribution in [0.3, 0.4) is 0 Å². The molecule has 0 aliphatic rings. The standard InChI is InChI=1S/C7H8F2O2S.C6H8.2C2H6/c1-3-5-6(4-2)12(10,11)7(8)9;1-3-5-6-4-2;2*1-2/h3-5,7H,1-2H2;3-6H,1-2H2;2*1-2H3/b6-5+;6-5-;;. The minimum absolute atomic E-state index is 0.521. The van der Waals surface area contributed by atoms with Gasteiger partial charge in [-0.1, -0.05) is 90.5 Å². The molecule has 0 saturated carbocycles. The number of rotatable bonds is 6. The Labute approximate surface area is 134 Å². The molecule has 128 valence electrons. The normalized spacial score (nSPS) is 10.0. The lowest BCUT2D eigenvalue weighted by molar-refractivity contribution is 0.236. The summed E-state index contributed by atoms with van der Waals surface area (Å²) in [6.45, 7) is 21.2. The molecule has 2 nitrogen and oxygen atoms in total. The van der Waals surface area contributed by atoms with Gasteiger partial charge in [0.05, 0.1) is 4.91 Å². The fourth-order valence-corrected chi connectivity index (χ4v) is 1.38. The molecule has 0 spiro atoms. The highest BCUT2D eigenvalue weighted by Crippen LogP contribution is 2.16. The van der Waals surface area contributed by atoms with Crippen molar-refractivity contribution in [1.82, 2.24) is 0 Å². The summed E-state index contributed by atoms with van der Waals surface area (Å²) >= 11 is 0. The van der Waals surface area contributed by atoms with Gasteiger partial charge in [-0.25, -0.2) is 8.42 Å². The van der Waals surface area contributed by atoms with Crippen LogP contribution in [0.4, 0.5) is 8.78 Å². The lowest BCUT2D eigenvalue weighted by atomic mass is 10.5. The third kappa shape index (κ3) is 16.3. The molecule has 0 heterocycles. The van der Waals surface area contributed by atoms with Gasteiger partial charge < -0.3 is 0 Å². The zero-order valence-corrected chi connectivity index (χ0v) is 14.7. The van der Waals surface area contributed by atoms with Gasteiger partial charge >= 0.3 is 5.76 Å². The minimum Gasteiger partial charge on any atom is -0.218 e. The van der Waals surface area contributed by atoms with E-state index in [0.29, 0.717) is 0 Å². The van der Waals surface area contributed by atoms with Crippen molar-refractivity contribution in [1.29, 1.82) is 0 Å². The molecule has 0 unspecified atom stereocenters. The predicted molar refractivity (Wildman–Crippen MR) is 95.6 cm³/mol. The highest BCUT2D eigenvalue weighted by Gasteiger charge is 2.26. The van der Waals surface area contributed by atoms with Crippen LogP contribution in [0.15, 0.2) is 73.8 Å². The van der Waals surface area contributed by atoms with Crippen molar-refractivity contribution in [3.05, 3.63) is 73.8 Å². The summed E-state index contributed by atoms with van der Waals surface area (Å²) < 4.78 is 45.2. The summed E-state index contributed by atoms with van der Waals surface area (Å²) in [5, 5.41) is 0.